The van der Waals surface area contributed by atoms with Gasteiger partial charge in [-0.3, -0.25) is 0 Å². The van der Waals surface area contributed by atoms with Gasteiger partial charge in [0.05, 0.1) is 0 Å². The molecule has 5 heteroatoms. The summed E-state index contributed by atoms with van der Waals surface area (Å²) >= 11 is 0. The third kappa shape index (κ3) is 6.27. The lowest BCUT2D eigenvalue weighted by Crippen LogP contribution is -2.00. The molecule has 0 fully saturated rings. The molecule has 0 saturated heterocycles. The van der Waals surface area contributed by atoms with E-state index in [2.05, 4.69) is 6.08 Å². The van der Waals surface area contributed by atoms with Gasteiger partial charge in [-0.25, -0.2) is 17.6 Å². The molecule has 0 saturated carbocycles. The van der Waals surface area contributed by atoms with Crippen LogP contribution in [-0.4, -0.2) is 0 Å². The number of rotatable bonds is 9. The Bertz CT molecular complexity index is 1470. The van der Waals surface area contributed by atoms with Gasteiger partial charge in [0.25, 0.3) is 0 Å². The van der Waals surface area contributed by atoms with Crippen LogP contribution in [0.4, 0.5) is 17.6 Å². The largest absolute Gasteiger partial charge is 0.207 e. The van der Waals surface area contributed by atoms with E-state index >= 15 is 4.39 Å². The van der Waals surface area contributed by atoms with Crippen LogP contribution in [-0.2, 0) is 32.1 Å². The van der Waals surface area contributed by atoms with E-state index in [1.165, 1.54) is 6.07 Å². The minimum Gasteiger partial charge on any atom is -0.207 e. The molecule has 0 aliphatic carbocycles. The van der Waals surface area contributed by atoms with E-state index in [1.807, 2.05) is 43.3 Å². The highest BCUT2D eigenvalue weighted by Crippen LogP contribution is 2.25. The minimum absolute atomic E-state index is 0.198. The van der Waals surface area contributed by atoms with Gasteiger partial charge >= 0.3 is 0 Å². The fourth-order valence-corrected chi connectivity index (χ4v) is 4.54. The fraction of sp³-hybridized carbons (Fsp3) is 0.219. The molecule has 4 aromatic carbocycles. The van der Waals surface area contributed by atoms with Crippen LogP contribution in [0.2, 0.25) is 0 Å². The van der Waals surface area contributed by atoms with E-state index in [0.29, 0.717) is 34.9 Å². The minimum atomic E-state index is -0.913. The van der Waals surface area contributed by atoms with E-state index in [-0.39, 0.29) is 24.5 Å². The van der Waals surface area contributed by atoms with E-state index in [9.17, 15) is 13.2 Å². The number of aryl methyl sites for hydroxylation is 5. The summed E-state index contributed by atoms with van der Waals surface area (Å²) in [5, 5.41) is 10.0. The Balaban J connectivity index is 1.43. The Hall–Kier alpha value is -3.91. The zero-order valence-corrected chi connectivity index (χ0v) is 20.6. The first-order valence-electron chi connectivity index (χ1n) is 12.4. The molecule has 0 unspecified atom stereocenters. The zero-order valence-electron chi connectivity index (χ0n) is 20.6. The van der Waals surface area contributed by atoms with Gasteiger partial charge in [0.15, 0.2) is 0 Å². The summed E-state index contributed by atoms with van der Waals surface area (Å²) in [5.41, 5.74) is 2.82. The van der Waals surface area contributed by atoms with Crippen molar-refractivity contribution in [2.24, 2.45) is 0 Å². The molecule has 0 aliphatic heterocycles. The Labute approximate surface area is 214 Å². The molecule has 0 amide bonds. The Morgan fingerprint density at radius 2 is 1.30 bits per heavy atom. The van der Waals surface area contributed by atoms with Crippen molar-refractivity contribution >= 4 is 10.8 Å². The highest BCUT2D eigenvalue weighted by molar-refractivity contribution is 5.84. The molecule has 37 heavy (non-hydrogen) atoms. The van der Waals surface area contributed by atoms with Crippen LogP contribution in [0.15, 0.2) is 72.8 Å². The van der Waals surface area contributed by atoms with Crippen molar-refractivity contribution in [3.05, 3.63) is 129 Å². The van der Waals surface area contributed by atoms with Gasteiger partial charge in [-0.05, 0) is 96.9 Å². The first kappa shape index (κ1) is 26.2. The van der Waals surface area contributed by atoms with Gasteiger partial charge in [0.1, 0.15) is 34.9 Å². The number of fused-ring (bicyclic) bond motifs is 1. The fourth-order valence-electron chi connectivity index (χ4n) is 4.54. The predicted molar refractivity (Wildman–Crippen MR) is 139 cm³/mol. The van der Waals surface area contributed by atoms with Crippen LogP contribution in [0.3, 0.4) is 0 Å². The Kier molecular flexibility index (Phi) is 8.40. The van der Waals surface area contributed by atoms with Crippen molar-refractivity contribution in [3.8, 4) is 6.07 Å². The molecule has 0 bridgehead atoms. The smallest absolute Gasteiger partial charge is 0.144 e. The molecule has 0 aliphatic rings. The van der Waals surface area contributed by atoms with Crippen LogP contribution in [0, 0.1) is 34.6 Å². The van der Waals surface area contributed by atoms with Crippen LogP contribution in [0.5, 0.6) is 0 Å². The first-order valence-corrected chi connectivity index (χ1v) is 12.4. The average molecular weight is 502 g/mol. The standard InChI is InChI=1S/C32H27F4N/c1-2-3-4-5-21-6-10-24(29(33)17-21)11-7-22-9-15-27-26(16-22)14-13-25(32(27)36)12-8-23-18-30(34)28(20-37)31(35)19-23/h2-3,6,9-10,13-19H,4-5,7-8,11-12H2,1H3/b3-2+. The highest BCUT2D eigenvalue weighted by atomic mass is 19.1. The summed E-state index contributed by atoms with van der Waals surface area (Å²) < 4.78 is 57.5. The second-order valence-electron chi connectivity index (χ2n) is 9.17. The van der Waals surface area contributed by atoms with E-state index in [0.717, 1.165) is 41.5 Å². The van der Waals surface area contributed by atoms with Gasteiger partial charge in [0.2, 0.25) is 0 Å². The number of nitriles is 1. The normalized spacial score (nSPS) is 11.4. The molecule has 188 valence electrons. The maximum absolute atomic E-state index is 15.2. The third-order valence-corrected chi connectivity index (χ3v) is 6.63. The SMILES string of the molecule is C/C=C/CCc1ccc(CCc2ccc3c(F)c(CCc4cc(F)c(C#N)c(F)c4)ccc3c2)c(F)c1. The summed E-state index contributed by atoms with van der Waals surface area (Å²) in [6.45, 7) is 1.97. The van der Waals surface area contributed by atoms with Gasteiger partial charge in [-0.15, -0.1) is 0 Å². The second-order valence-corrected chi connectivity index (χ2v) is 9.17. The van der Waals surface area contributed by atoms with Crippen molar-refractivity contribution in [2.45, 2.75) is 45.4 Å². The van der Waals surface area contributed by atoms with Crippen LogP contribution < -0.4 is 0 Å². The molecule has 4 aromatic rings. The Morgan fingerprint density at radius 1 is 0.676 bits per heavy atom. The first-order chi connectivity index (χ1) is 17.9. The van der Waals surface area contributed by atoms with E-state index in [4.69, 9.17) is 5.26 Å². The quantitative estimate of drug-likeness (QED) is 0.167. The second kappa shape index (κ2) is 11.9. The molecule has 0 radical (unpaired) electrons. The number of hydrogen-bond acceptors (Lipinski definition) is 1. The van der Waals surface area contributed by atoms with Gasteiger partial charge in [0, 0.05) is 5.39 Å². The molecule has 1 nitrogen and oxygen atoms in total. The Morgan fingerprint density at radius 3 is 2.00 bits per heavy atom. The number of allylic oxidation sites excluding steroid dienone is 2. The highest BCUT2D eigenvalue weighted by Gasteiger charge is 2.13. The van der Waals surface area contributed by atoms with Gasteiger partial charge in [-0.1, -0.05) is 54.6 Å². The van der Waals surface area contributed by atoms with Crippen molar-refractivity contribution in [1.29, 1.82) is 5.26 Å². The lowest BCUT2D eigenvalue weighted by molar-refractivity contribution is 0.572. The lowest BCUT2D eigenvalue weighted by atomic mass is 9.96. The summed E-state index contributed by atoms with van der Waals surface area (Å²) in [4.78, 5) is 0. The monoisotopic (exact) mass is 501 g/mol. The van der Waals surface area contributed by atoms with E-state index in [1.54, 1.807) is 18.2 Å². The summed E-state index contributed by atoms with van der Waals surface area (Å²) in [6.07, 6.45) is 7.42. The maximum atomic E-state index is 15.2. The third-order valence-electron chi connectivity index (χ3n) is 6.63. The summed E-state index contributed by atoms with van der Waals surface area (Å²) in [5.74, 6) is -2.39. The lowest BCUT2D eigenvalue weighted by Gasteiger charge is -2.10. The topological polar surface area (TPSA) is 23.8 Å². The van der Waals surface area contributed by atoms with Crippen LogP contribution >= 0.6 is 0 Å². The zero-order chi connectivity index (χ0) is 26.4. The van der Waals surface area contributed by atoms with Crippen LogP contribution in [0.1, 0.15) is 46.7 Å². The molecule has 0 spiro atoms. The van der Waals surface area contributed by atoms with Crippen LogP contribution in [0.25, 0.3) is 10.8 Å². The number of benzene rings is 4. The molecule has 0 heterocycles. The molecule has 0 N–H and O–H groups in total. The average Bonchev–Trinajstić information content (AvgIpc) is 2.88. The molecule has 4 rings (SSSR count). The number of nitrogens with zero attached hydrogens (tertiary/aromatic N) is 1. The van der Waals surface area contributed by atoms with Gasteiger partial charge in [-0.2, -0.15) is 5.26 Å². The molecular weight excluding hydrogens is 474 g/mol. The van der Waals surface area contributed by atoms with Crippen molar-refractivity contribution in [3.63, 3.8) is 0 Å². The summed E-state index contributed by atoms with van der Waals surface area (Å²) in [7, 11) is 0. The summed E-state index contributed by atoms with van der Waals surface area (Å²) in [6, 6.07) is 18.2. The molecule has 0 atom stereocenters. The number of halogens is 4. The van der Waals surface area contributed by atoms with Gasteiger partial charge < -0.3 is 0 Å². The molecular formula is C32H27F4N. The predicted octanol–water partition coefficient (Wildman–Crippen LogP) is 8.35. The molecule has 0 aromatic heterocycles. The number of hydrogen-bond donors (Lipinski definition) is 0. The van der Waals surface area contributed by atoms with Crippen molar-refractivity contribution in [2.75, 3.05) is 0 Å². The van der Waals surface area contributed by atoms with Crippen molar-refractivity contribution < 1.29 is 17.6 Å². The maximum Gasteiger partial charge on any atom is 0.144 e. The van der Waals surface area contributed by atoms with E-state index < -0.39 is 17.2 Å². The van der Waals surface area contributed by atoms with Crippen molar-refractivity contribution in [1.82, 2.24) is 0 Å².